The van der Waals surface area contributed by atoms with Gasteiger partial charge in [0.2, 0.25) is 11.8 Å². The predicted octanol–water partition coefficient (Wildman–Crippen LogP) is 4.20. The van der Waals surface area contributed by atoms with Crippen LogP contribution in [0.25, 0.3) is 0 Å². The SMILES string of the molecule is CC(C)(C)c1ccc(NC(=O)C2(C(=O)NCCc3ccc(F)cc3)CC2)cc1. The first-order valence-corrected chi connectivity index (χ1v) is 9.65. The second-order valence-corrected chi connectivity index (χ2v) is 8.50. The lowest BCUT2D eigenvalue weighted by Gasteiger charge is -2.20. The first-order valence-electron chi connectivity index (χ1n) is 9.65. The lowest BCUT2D eigenvalue weighted by atomic mass is 9.87. The summed E-state index contributed by atoms with van der Waals surface area (Å²) in [5.74, 6) is -0.773. The van der Waals surface area contributed by atoms with Gasteiger partial charge in [0.15, 0.2) is 0 Å². The summed E-state index contributed by atoms with van der Waals surface area (Å²) < 4.78 is 12.9. The first kappa shape index (κ1) is 20.1. The average Bonchev–Trinajstić information content (AvgIpc) is 3.45. The number of rotatable bonds is 6. The van der Waals surface area contributed by atoms with Crippen LogP contribution in [0.1, 0.15) is 44.7 Å². The lowest BCUT2D eigenvalue weighted by Crippen LogP contribution is -2.40. The molecule has 0 heterocycles. The fourth-order valence-electron chi connectivity index (χ4n) is 3.13. The molecule has 0 aliphatic heterocycles. The molecule has 0 saturated heterocycles. The lowest BCUT2D eigenvalue weighted by molar-refractivity contribution is -0.134. The highest BCUT2D eigenvalue weighted by Crippen LogP contribution is 2.46. The van der Waals surface area contributed by atoms with Crippen LogP contribution in [0.15, 0.2) is 48.5 Å². The molecule has 0 radical (unpaired) electrons. The van der Waals surface area contributed by atoms with Crippen molar-refractivity contribution in [3.63, 3.8) is 0 Å². The Hall–Kier alpha value is -2.69. The molecule has 0 atom stereocenters. The highest BCUT2D eigenvalue weighted by atomic mass is 19.1. The molecular weight excluding hydrogens is 355 g/mol. The number of carbonyl (C=O) groups excluding carboxylic acids is 2. The van der Waals surface area contributed by atoms with Crippen LogP contribution in [-0.4, -0.2) is 18.4 Å². The van der Waals surface area contributed by atoms with E-state index in [1.807, 2.05) is 24.3 Å². The van der Waals surface area contributed by atoms with Crippen LogP contribution in [0.3, 0.4) is 0 Å². The molecule has 5 heteroatoms. The molecule has 2 N–H and O–H groups in total. The molecule has 28 heavy (non-hydrogen) atoms. The molecule has 1 aliphatic carbocycles. The van der Waals surface area contributed by atoms with Crippen molar-refractivity contribution in [2.45, 2.75) is 45.4 Å². The molecule has 0 unspecified atom stereocenters. The van der Waals surface area contributed by atoms with Crippen LogP contribution in [-0.2, 0) is 21.4 Å². The normalized spacial score (nSPS) is 15.0. The number of benzene rings is 2. The van der Waals surface area contributed by atoms with Gasteiger partial charge in [0.25, 0.3) is 0 Å². The molecule has 1 aliphatic rings. The summed E-state index contributed by atoms with van der Waals surface area (Å²) in [5.41, 5.74) is 1.90. The molecule has 2 aromatic rings. The van der Waals surface area contributed by atoms with Crippen LogP contribution < -0.4 is 10.6 Å². The van der Waals surface area contributed by atoms with Gasteiger partial charge in [-0.3, -0.25) is 9.59 Å². The van der Waals surface area contributed by atoms with Crippen molar-refractivity contribution in [1.82, 2.24) is 5.32 Å². The van der Waals surface area contributed by atoms with Crippen molar-refractivity contribution in [3.8, 4) is 0 Å². The van der Waals surface area contributed by atoms with Crippen molar-refractivity contribution in [1.29, 1.82) is 0 Å². The Morgan fingerprint density at radius 2 is 1.57 bits per heavy atom. The monoisotopic (exact) mass is 382 g/mol. The van der Waals surface area contributed by atoms with E-state index in [-0.39, 0.29) is 23.0 Å². The fraction of sp³-hybridized carbons (Fsp3) is 0.391. The molecule has 0 aromatic heterocycles. The van der Waals surface area contributed by atoms with Gasteiger partial charge < -0.3 is 10.6 Å². The quantitative estimate of drug-likeness (QED) is 0.736. The van der Waals surface area contributed by atoms with E-state index >= 15 is 0 Å². The minimum absolute atomic E-state index is 0.0463. The largest absolute Gasteiger partial charge is 0.355 e. The topological polar surface area (TPSA) is 58.2 Å². The van der Waals surface area contributed by atoms with Gasteiger partial charge in [0.05, 0.1) is 0 Å². The summed E-state index contributed by atoms with van der Waals surface area (Å²) in [6.07, 6.45) is 1.71. The predicted molar refractivity (Wildman–Crippen MR) is 109 cm³/mol. The molecular formula is C23H27FN2O2. The number of hydrogen-bond acceptors (Lipinski definition) is 2. The molecule has 2 amide bonds. The van der Waals surface area contributed by atoms with Gasteiger partial charge in [-0.1, -0.05) is 45.0 Å². The van der Waals surface area contributed by atoms with Crippen molar-refractivity contribution in [2.75, 3.05) is 11.9 Å². The number of amides is 2. The van der Waals surface area contributed by atoms with Gasteiger partial charge in [-0.2, -0.15) is 0 Å². The van der Waals surface area contributed by atoms with E-state index in [2.05, 4.69) is 31.4 Å². The van der Waals surface area contributed by atoms with E-state index in [0.29, 0.717) is 31.5 Å². The molecule has 2 aromatic carbocycles. The summed E-state index contributed by atoms with van der Waals surface area (Å²) in [7, 11) is 0. The second kappa shape index (κ2) is 7.74. The maximum absolute atomic E-state index is 12.9. The van der Waals surface area contributed by atoms with E-state index in [4.69, 9.17) is 0 Å². The summed E-state index contributed by atoms with van der Waals surface area (Å²) >= 11 is 0. The second-order valence-electron chi connectivity index (χ2n) is 8.50. The van der Waals surface area contributed by atoms with Crippen molar-refractivity contribution >= 4 is 17.5 Å². The smallest absolute Gasteiger partial charge is 0.240 e. The Kier molecular flexibility index (Phi) is 5.54. The van der Waals surface area contributed by atoms with Crippen LogP contribution in [0.5, 0.6) is 0 Å². The molecule has 1 fully saturated rings. The number of halogens is 1. The molecule has 3 rings (SSSR count). The van der Waals surface area contributed by atoms with Gasteiger partial charge in [0, 0.05) is 12.2 Å². The third-order valence-corrected chi connectivity index (χ3v) is 5.24. The number of carbonyl (C=O) groups is 2. The summed E-state index contributed by atoms with van der Waals surface area (Å²) in [6.45, 7) is 6.82. The summed E-state index contributed by atoms with van der Waals surface area (Å²) in [5, 5.41) is 5.73. The standard InChI is InChI=1S/C23H27FN2O2/c1-22(2,3)17-6-10-19(11-7-17)26-21(28)23(13-14-23)20(27)25-15-12-16-4-8-18(24)9-5-16/h4-11H,12-15H2,1-3H3,(H,25,27)(H,26,28). The van der Waals surface area contributed by atoms with E-state index in [0.717, 1.165) is 5.56 Å². The Labute approximate surface area is 165 Å². The zero-order chi connectivity index (χ0) is 20.4. The maximum Gasteiger partial charge on any atom is 0.240 e. The Morgan fingerprint density at radius 1 is 0.964 bits per heavy atom. The molecule has 0 spiro atoms. The minimum atomic E-state index is -0.967. The van der Waals surface area contributed by atoms with Crippen molar-refractivity contribution < 1.29 is 14.0 Å². The highest BCUT2D eigenvalue weighted by molar-refractivity contribution is 6.13. The van der Waals surface area contributed by atoms with E-state index in [9.17, 15) is 14.0 Å². The van der Waals surface area contributed by atoms with Crippen molar-refractivity contribution in [3.05, 3.63) is 65.5 Å². The molecule has 4 nitrogen and oxygen atoms in total. The third kappa shape index (κ3) is 4.58. The van der Waals surface area contributed by atoms with Crippen LogP contribution in [0.4, 0.5) is 10.1 Å². The number of nitrogens with one attached hydrogen (secondary N) is 2. The Balaban J connectivity index is 1.54. The Morgan fingerprint density at radius 3 is 2.11 bits per heavy atom. The summed E-state index contributed by atoms with van der Waals surface area (Å²) in [6, 6.07) is 13.9. The van der Waals surface area contributed by atoms with Gasteiger partial charge in [-0.15, -0.1) is 0 Å². The highest BCUT2D eigenvalue weighted by Gasteiger charge is 2.56. The molecule has 1 saturated carbocycles. The number of anilines is 1. The van der Waals surface area contributed by atoms with Crippen LogP contribution in [0, 0.1) is 11.2 Å². The zero-order valence-electron chi connectivity index (χ0n) is 16.6. The minimum Gasteiger partial charge on any atom is -0.355 e. The van der Waals surface area contributed by atoms with Crippen molar-refractivity contribution in [2.24, 2.45) is 5.41 Å². The van der Waals surface area contributed by atoms with E-state index in [1.165, 1.54) is 17.7 Å². The summed E-state index contributed by atoms with van der Waals surface area (Å²) in [4.78, 5) is 25.2. The first-order chi connectivity index (χ1) is 13.2. The number of hydrogen-bond donors (Lipinski definition) is 2. The van der Waals surface area contributed by atoms with Crippen LogP contribution in [0.2, 0.25) is 0 Å². The Bertz CT molecular complexity index is 848. The molecule has 148 valence electrons. The van der Waals surface area contributed by atoms with Gasteiger partial charge in [0.1, 0.15) is 11.2 Å². The van der Waals surface area contributed by atoms with Gasteiger partial charge in [-0.25, -0.2) is 4.39 Å². The van der Waals surface area contributed by atoms with Gasteiger partial charge in [-0.05, 0) is 60.1 Å². The third-order valence-electron chi connectivity index (χ3n) is 5.24. The van der Waals surface area contributed by atoms with E-state index in [1.54, 1.807) is 12.1 Å². The fourth-order valence-corrected chi connectivity index (χ4v) is 3.13. The zero-order valence-corrected chi connectivity index (χ0v) is 16.6. The molecule has 0 bridgehead atoms. The van der Waals surface area contributed by atoms with E-state index < -0.39 is 5.41 Å². The average molecular weight is 382 g/mol. The van der Waals surface area contributed by atoms with Crippen LogP contribution >= 0.6 is 0 Å². The maximum atomic E-state index is 12.9. The van der Waals surface area contributed by atoms with Gasteiger partial charge >= 0.3 is 0 Å².